The van der Waals surface area contributed by atoms with E-state index in [1.54, 1.807) is 6.07 Å². The number of nitrogens with zero attached hydrogens (tertiary/aromatic N) is 1. The summed E-state index contributed by atoms with van der Waals surface area (Å²) in [6.45, 7) is 2.01. The lowest BCUT2D eigenvalue weighted by molar-refractivity contribution is 1.32. The molecule has 0 bridgehead atoms. The molecule has 1 aromatic heterocycles. The second-order valence-electron chi connectivity index (χ2n) is 3.02. The van der Waals surface area contributed by atoms with Gasteiger partial charge in [-0.15, -0.1) is 0 Å². The molecule has 0 fully saturated rings. The van der Waals surface area contributed by atoms with Gasteiger partial charge >= 0.3 is 0 Å². The molecule has 0 unspecified atom stereocenters. The van der Waals surface area contributed by atoms with E-state index >= 15 is 0 Å². The van der Waals surface area contributed by atoms with Gasteiger partial charge in [-0.3, -0.25) is 0 Å². The second kappa shape index (κ2) is 3.69. The zero-order chi connectivity index (χ0) is 10.3. The molecule has 2 rings (SSSR count). The van der Waals surface area contributed by atoms with Crippen molar-refractivity contribution in [2.24, 2.45) is 0 Å². The Morgan fingerprint density at radius 3 is 2.71 bits per heavy atom. The first-order valence-corrected chi connectivity index (χ1v) is 5.55. The molecule has 0 saturated heterocycles. The molecule has 4 heteroatoms. The maximum absolute atomic E-state index is 6.05. The normalized spacial score (nSPS) is 10.9. The van der Waals surface area contributed by atoms with Crippen LogP contribution in [-0.2, 0) is 0 Å². The van der Waals surface area contributed by atoms with Crippen molar-refractivity contribution in [1.29, 1.82) is 0 Å². The quantitative estimate of drug-likeness (QED) is 0.646. The highest BCUT2D eigenvalue weighted by Gasteiger charge is 2.07. The molecular weight excluding hydrogens is 285 g/mol. The van der Waals surface area contributed by atoms with Gasteiger partial charge < -0.3 is 0 Å². The Hall–Kier alpha value is -0.310. The van der Waals surface area contributed by atoms with E-state index in [4.69, 9.17) is 23.2 Å². The van der Waals surface area contributed by atoms with Gasteiger partial charge in [-0.05, 0) is 40.5 Å². The lowest BCUT2D eigenvalue weighted by Crippen LogP contribution is -1.86. The highest BCUT2D eigenvalue weighted by atomic mass is 79.9. The van der Waals surface area contributed by atoms with E-state index in [9.17, 15) is 0 Å². The monoisotopic (exact) mass is 289 g/mol. The third kappa shape index (κ3) is 1.62. The van der Waals surface area contributed by atoms with E-state index in [1.165, 1.54) is 0 Å². The summed E-state index contributed by atoms with van der Waals surface area (Å²) in [4.78, 5) is 4.30. The fourth-order valence-corrected chi connectivity index (χ4v) is 2.24. The molecule has 1 aromatic carbocycles. The smallest absolute Gasteiger partial charge is 0.107 e. The summed E-state index contributed by atoms with van der Waals surface area (Å²) in [5, 5.41) is 2.07. The van der Waals surface area contributed by atoms with E-state index in [0.29, 0.717) is 10.0 Å². The average molecular weight is 291 g/mol. The molecule has 0 saturated carbocycles. The SMILES string of the molecule is Cc1cc(Br)nc2c(Cl)c(Cl)ccc12. The summed E-state index contributed by atoms with van der Waals surface area (Å²) in [5.74, 6) is 0. The van der Waals surface area contributed by atoms with E-state index in [0.717, 1.165) is 21.1 Å². The number of aryl methyl sites for hydroxylation is 1. The van der Waals surface area contributed by atoms with Crippen LogP contribution < -0.4 is 0 Å². The van der Waals surface area contributed by atoms with Crippen LogP contribution in [0, 0.1) is 6.92 Å². The van der Waals surface area contributed by atoms with Crippen LogP contribution in [0.15, 0.2) is 22.8 Å². The standard InChI is InChI=1S/C10H6BrCl2N/c1-5-4-8(11)14-10-6(5)2-3-7(12)9(10)13/h2-4H,1H3. The van der Waals surface area contributed by atoms with E-state index in [1.807, 2.05) is 19.1 Å². The second-order valence-corrected chi connectivity index (χ2v) is 4.62. The number of fused-ring (bicyclic) bond motifs is 1. The van der Waals surface area contributed by atoms with Crippen molar-refractivity contribution in [3.63, 3.8) is 0 Å². The van der Waals surface area contributed by atoms with Crippen LogP contribution in [-0.4, -0.2) is 4.98 Å². The van der Waals surface area contributed by atoms with Crippen LogP contribution in [0.2, 0.25) is 10.0 Å². The summed E-state index contributed by atoms with van der Waals surface area (Å²) < 4.78 is 0.770. The van der Waals surface area contributed by atoms with Crippen molar-refractivity contribution in [2.45, 2.75) is 6.92 Å². The lowest BCUT2D eigenvalue weighted by atomic mass is 10.1. The van der Waals surface area contributed by atoms with Gasteiger partial charge in [0.1, 0.15) is 4.60 Å². The van der Waals surface area contributed by atoms with Crippen molar-refractivity contribution in [3.8, 4) is 0 Å². The Morgan fingerprint density at radius 2 is 2.00 bits per heavy atom. The van der Waals surface area contributed by atoms with Crippen LogP contribution in [0.25, 0.3) is 10.9 Å². The first-order chi connectivity index (χ1) is 6.59. The number of pyridine rings is 1. The minimum Gasteiger partial charge on any atom is -0.239 e. The molecule has 2 aromatic rings. The highest BCUT2D eigenvalue weighted by Crippen LogP contribution is 2.31. The largest absolute Gasteiger partial charge is 0.239 e. The zero-order valence-corrected chi connectivity index (χ0v) is 10.4. The van der Waals surface area contributed by atoms with E-state index in [2.05, 4.69) is 20.9 Å². The Bertz CT molecular complexity index is 511. The lowest BCUT2D eigenvalue weighted by Gasteiger charge is -2.05. The number of hydrogen-bond donors (Lipinski definition) is 0. The Kier molecular flexibility index (Phi) is 2.69. The summed E-state index contributed by atoms with van der Waals surface area (Å²) >= 11 is 15.3. The molecule has 0 N–H and O–H groups in total. The van der Waals surface area contributed by atoms with Gasteiger partial charge in [-0.2, -0.15) is 0 Å². The number of benzene rings is 1. The molecule has 0 radical (unpaired) electrons. The summed E-state index contributed by atoms with van der Waals surface area (Å²) in [7, 11) is 0. The van der Waals surface area contributed by atoms with Crippen LogP contribution in [0.1, 0.15) is 5.56 Å². The Labute approximate surface area is 100 Å². The highest BCUT2D eigenvalue weighted by molar-refractivity contribution is 9.10. The molecule has 0 spiro atoms. The van der Waals surface area contributed by atoms with Crippen molar-refractivity contribution in [1.82, 2.24) is 4.98 Å². The van der Waals surface area contributed by atoms with Crippen LogP contribution in [0.4, 0.5) is 0 Å². The van der Waals surface area contributed by atoms with Crippen LogP contribution >= 0.6 is 39.1 Å². The maximum atomic E-state index is 6.05. The molecule has 1 heterocycles. The van der Waals surface area contributed by atoms with Crippen molar-refractivity contribution in [3.05, 3.63) is 38.4 Å². The van der Waals surface area contributed by atoms with E-state index in [-0.39, 0.29) is 0 Å². The maximum Gasteiger partial charge on any atom is 0.107 e. The molecule has 0 amide bonds. The first-order valence-electron chi connectivity index (χ1n) is 4.00. The van der Waals surface area contributed by atoms with Gasteiger partial charge in [0, 0.05) is 5.39 Å². The van der Waals surface area contributed by atoms with Gasteiger partial charge in [0.15, 0.2) is 0 Å². The minimum atomic E-state index is 0.508. The van der Waals surface area contributed by atoms with Crippen molar-refractivity contribution < 1.29 is 0 Å². The van der Waals surface area contributed by atoms with Crippen molar-refractivity contribution in [2.75, 3.05) is 0 Å². The Morgan fingerprint density at radius 1 is 1.29 bits per heavy atom. The number of halogens is 3. The fraction of sp³-hybridized carbons (Fsp3) is 0.100. The van der Waals surface area contributed by atoms with Gasteiger partial charge in [-0.25, -0.2) is 4.98 Å². The first kappa shape index (κ1) is 10.2. The molecule has 1 nitrogen and oxygen atoms in total. The van der Waals surface area contributed by atoms with E-state index < -0.39 is 0 Å². The molecule has 0 aliphatic carbocycles. The average Bonchev–Trinajstić information content (AvgIpc) is 2.12. The van der Waals surface area contributed by atoms with Gasteiger partial charge in [-0.1, -0.05) is 29.3 Å². The van der Waals surface area contributed by atoms with Crippen molar-refractivity contribution >= 4 is 50.0 Å². The minimum absolute atomic E-state index is 0.508. The molecule has 14 heavy (non-hydrogen) atoms. The van der Waals surface area contributed by atoms with Crippen LogP contribution in [0.3, 0.4) is 0 Å². The van der Waals surface area contributed by atoms with Gasteiger partial charge in [0.25, 0.3) is 0 Å². The third-order valence-electron chi connectivity index (χ3n) is 2.05. The zero-order valence-electron chi connectivity index (χ0n) is 7.31. The predicted molar refractivity (Wildman–Crippen MR) is 64.2 cm³/mol. The summed E-state index contributed by atoms with van der Waals surface area (Å²) in [6.07, 6.45) is 0. The number of aromatic nitrogens is 1. The predicted octanol–water partition coefficient (Wildman–Crippen LogP) is 4.61. The topological polar surface area (TPSA) is 12.9 Å². The van der Waals surface area contributed by atoms with Crippen LogP contribution in [0.5, 0.6) is 0 Å². The van der Waals surface area contributed by atoms with Gasteiger partial charge in [0.2, 0.25) is 0 Å². The summed E-state index contributed by atoms with van der Waals surface area (Å²) in [6, 6.07) is 5.67. The van der Waals surface area contributed by atoms with Gasteiger partial charge in [0.05, 0.1) is 15.6 Å². The molecule has 72 valence electrons. The third-order valence-corrected chi connectivity index (χ3v) is 3.25. The number of hydrogen-bond acceptors (Lipinski definition) is 1. The molecule has 0 aliphatic heterocycles. The molecular formula is C10H6BrCl2N. The summed E-state index contributed by atoms with van der Waals surface area (Å²) in [5.41, 5.74) is 1.87. The molecule has 0 atom stereocenters. The molecule has 0 aliphatic rings. The fourth-order valence-electron chi connectivity index (χ4n) is 1.36. The Balaban J connectivity index is 2.95. The number of rotatable bonds is 0.